The van der Waals surface area contributed by atoms with Gasteiger partial charge in [0.25, 0.3) is 5.91 Å². The van der Waals surface area contributed by atoms with Crippen molar-refractivity contribution in [1.82, 2.24) is 0 Å². The van der Waals surface area contributed by atoms with E-state index < -0.39 is 6.10 Å². The second kappa shape index (κ2) is 6.25. The Hall–Kier alpha value is -2.00. The van der Waals surface area contributed by atoms with Gasteiger partial charge in [0, 0.05) is 17.3 Å². The number of hydrogen-bond acceptors (Lipinski definition) is 2. The number of rotatable bonds is 3. The van der Waals surface area contributed by atoms with Gasteiger partial charge in [-0.2, -0.15) is 0 Å². The first-order valence-electron chi connectivity index (χ1n) is 7.80. The van der Waals surface area contributed by atoms with E-state index in [0.717, 1.165) is 28.3 Å². The monoisotopic (exact) mass is 329 g/mol. The fourth-order valence-electron chi connectivity index (χ4n) is 3.02. The van der Waals surface area contributed by atoms with Crippen molar-refractivity contribution < 1.29 is 9.53 Å². The van der Waals surface area contributed by atoms with Crippen molar-refractivity contribution in [3.63, 3.8) is 0 Å². The number of carbonyl (C=O) groups excluding carboxylic acids is 1. The number of para-hydroxylation sites is 1. The summed E-state index contributed by atoms with van der Waals surface area (Å²) in [5, 5.41) is 0.741. The molecular formula is C19H20ClNO2. The zero-order valence-corrected chi connectivity index (χ0v) is 14.4. The molecular weight excluding hydrogens is 310 g/mol. The predicted octanol–water partition coefficient (Wildman–Crippen LogP) is 4.31. The van der Waals surface area contributed by atoms with Crippen LogP contribution in [0, 0.1) is 13.8 Å². The lowest BCUT2D eigenvalue weighted by atomic mass is 10.1. The van der Waals surface area contributed by atoms with Crippen LogP contribution in [0.2, 0.25) is 5.02 Å². The summed E-state index contributed by atoms with van der Waals surface area (Å²) in [6, 6.07) is 11.8. The highest BCUT2D eigenvalue weighted by Gasteiger charge is 2.28. The van der Waals surface area contributed by atoms with E-state index in [1.165, 1.54) is 5.56 Å². The fourth-order valence-corrected chi connectivity index (χ4v) is 3.12. The Balaban J connectivity index is 1.77. The number of anilines is 1. The number of amides is 1. The van der Waals surface area contributed by atoms with E-state index in [2.05, 4.69) is 6.07 Å². The van der Waals surface area contributed by atoms with Gasteiger partial charge in [-0.25, -0.2) is 0 Å². The molecule has 4 heteroatoms. The summed E-state index contributed by atoms with van der Waals surface area (Å²) in [4.78, 5) is 14.5. The standard InChI is InChI=1S/C19H20ClNO2/c1-12-10-16(11-13(2)18(12)20)23-14(3)19(22)21-9-8-15-6-4-5-7-17(15)21/h4-7,10-11,14H,8-9H2,1-3H3/t14-/m1/s1. The average molecular weight is 330 g/mol. The lowest BCUT2D eigenvalue weighted by Gasteiger charge is -2.23. The van der Waals surface area contributed by atoms with Gasteiger partial charge in [0.2, 0.25) is 0 Å². The van der Waals surface area contributed by atoms with Crippen molar-refractivity contribution in [2.75, 3.05) is 11.4 Å². The molecule has 0 N–H and O–H groups in total. The van der Waals surface area contributed by atoms with Crippen LogP contribution in [-0.2, 0) is 11.2 Å². The van der Waals surface area contributed by atoms with Crippen LogP contribution in [0.25, 0.3) is 0 Å². The van der Waals surface area contributed by atoms with E-state index in [4.69, 9.17) is 16.3 Å². The zero-order valence-electron chi connectivity index (χ0n) is 13.6. The second-order valence-corrected chi connectivity index (χ2v) is 6.38. The van der Waals surface area contributed by atoms with Crippen LogP contribution in [0.3, 0.4) is 0 Å². The van der Waals surface area contributed by atoms with Crippen molar-refractivity contribution in [3.8, 4) is 5.75 Å². The maximum atomic E-state index is 12.7. The van der Waals surface area contributed by atoms with Crippen LogP contribution in [0.1, 0.15) is 23.6 Å². The minimum atomic E-state index is -0.541. The molecule has 1 aliphatic heterocycles. The maximum Gasteiger partial charge on any atom is 0.267 e. The normalized spacial score (nSPS) is 14.5. The Morgan fingerprint density at radius 2 is 1.87 bits per heavy atom. The molecule has 23 heavy (non-hydrogen) atoms. The summed E-state index contributed by atoms with van der Waals surface area (Å²) in [6.07, 6.45) is 0.356. The summed E-state index contributed by atoms with van der Waals surface area (Å²) in [5.74, 6) is 0.665. The molecule has 3 rings (SSSR count). The van der Waals surface area contributed by atoms with Crippen molar-refractivity contribution in [3.05, 3.63) is 58.1 Å². The maximum absolute atomic E-state index is 12.7. The summed E-state index contributed by atoms with van der Waals surface area (Å²) >= 11 is 6.18. The molecule has 1 heterocycles. The van der Waals surface area contributed by atoms with E-state index >= 15 is 0 Å². The third-order valence-electron chi connectivity index (χ3n) is 4.22. The highest BCUT2D eigenvalue weighted by atomic mass is 35.5. The van der Waals surface area contributed by atoms with Crippen molar-refractivity contribution >= 4 is 23.2 Å². The van der Waals surface area contributed by atoms with Gasteiger partial charge in [0.1, 0.15) is 5.75 Å². The summed E-state index contributed by atoms with van der Waals surface area (Å²) < 4.78 is 5.87. The number of fused-ring (bicyclic) bond motifs is 1. The molecule has 1 atom stereocenters. The Bertz CT molecular complexity index is 734. The first-order valence-corrected chi connectivity index (χ1v) is 8.18. The van der Waals surface area contributed by atoms with E-state index in [1.807, 2.05) is 49.1 Å². The van der Waals surface area contributed by atoms with Gasteiger partial charge in [-0.05, 0) is 62.1 Å². The van der Waals surface area contributed by atoms with Crippen molar-refractivity contribution in [1.29, 1.82) is 0 Å². The lowest BCUT2D eigenvalue weighted by molar-refractivity contribution is -0.124. The number of benzene rings is 2. The second-order valence-electron chi connectivity index (χ2n) is 6.00. The van der Waals surface area contributed by atoms with E-state index in [0.29, 0.717) is 12.3 Å². The molecule has 0 radical (unpaired) electrons. The number of nitrogens with zero attached hydrogens (tertiary/aromatic N) is 1. The Morgan fingerprint density at radius 1 is 1.22 bits per heavy atom. The van der Waals surface area contributed by atoms with Crippen LogP contribution in [0.5, 0.6) is 5.75 Å². The summed E-state index contributed by atoms with van der Waals surface area (Å²) in [5.41, 5.74) is 4.11. The number of hydrogen-bond donors (Lipinski definition) is 0. The molecule has 120 valence electrons. The molecule has 1 amide bonds. The third-order valence-corrected chi connectivity index (χ3v) is 4.82. The van der Waals surface area contributed by atoms with Gasteiger partial charge < -0.3 is 9.64 Å². The highest BCUT2D eigenvalue weighted by Crippen LogP contribution is 2.30. The number of aryl methyl sites for hydroxylation is 2. The minimum Gasteiger partial charge on any atom is -0.481 e. The van der Waals surface area contributed by atoms with Crippen LogP contribution in [0.4, 0.5) is 5.69 Å². The molecule has 3 nitrogen and oxygen atoms in total. The Kier molecular flexibility index (Phi) is 4.31. The first-order chi connectivity index (χ1) is 11.0. The summed E-state index contributed by atoms with van der Waals surface area (Å²) in [7, 11) is 0. The van der Waals surface area contributed by atoms with Crippen molar-refractivity contribution in [2.45, 2.75) is 33.3 Å². The molecule has 1 aliphatic rings. The topological polar surface area (TPSA) is 29.5 Å². The van der Waals surface area contributed by atoms with Crippen LogP contribution >= 0.6 is 11.6 Å². The van der Waals surface area contributed by atoms with E-state index in [9.17, 15) is 4.79 Å². The molecule has 0 saturated carbocycles. The fraction of sp³-hybridized carbons (Fsp3) is 0.316. The zero-order chi connectivity index (χ0) is 16.6. The Morgan fingerprint density at radius 3 is 2.57 bits per heavy atom. The third kappa shape index (κ3) is 3.06. The molecule has 0 bridgehead atoms. The highest BCUT2D eigenvalue weighted by molar-refractivity contribution is 6.32. The minimum absolute atomic E-state index is 0.0137. The van der Waals surface area contributed by atoms with Crippen molar-refractivity contribution in [2.24, 2.45) is 0 Å². The molecule has 0 aliphatic carbocycles. The Labute approximate surface area is 141 Å². The molecule has 2 aromatic rings. The molecule has 0 saturated heterocycles. The first kappa shape index (κ1) is 15.9. The molecule has 0 spiro atoms. The molecule has 0 fully saturated rings. The van der Waals surface area contributed by atoms with Gasteiger partial charge in [-0.1, -0.05) is 29.8 Å². The number of ether oxygens (including phenoxy) is 1. The average Bonchev–Trinajstić information content (AvgIpc) is 2.95. The molecule has 2 aromatic carbocycles. The predicted molar refractivity (Wildman–Crippen MR) is 93.5 cm³/mol. The van der Waals surface area contributed by atoms with Gasteiger partial charge >= 0.3 is 0 Å². The van der Waals surface area contributed by atoms with E-state index in [-0.39, 0.29) is 5.91 Å². The summed E-state index contributed by atoms with van der Waals surface area (Å²) in [6.45, 7) is 6.38. The number of carbonyl (C=O) groups is 1. The van der Waals surface area contributed by atoms with Crippen LogP contribution in [-0.4, -0.2) is 18.6 Å². The smallest absolute Gasteiger partial charge is 0.267 e. The van der Waals surface area contributed by atoms with Gasteiger partial charge in [-0.15, -0.1) is 0 Å². The van der Waals surface area contributed by atoms with Gasteiger partial charge in [-0.3, -0.25) is 4.79 Å². The quantitative estimate of drug-likeness (QED) is 0.839. The molecule has 0 aromatic heterocycles. The van der Waals surface area contributed by atoms with Crippen LogP contribution in [0.15, 0.2) is 36.4 Å². The van der Waals surface area contributed by atoms with Crippen LogP contribution < -0.4 is 9.64 Å². The van der Waals surface area contributed by atoms with Gasteiger partial charge in [0.05, 0.1) is 0 Å². The van der Waals surface area contributed by atoms with Gasteiger partial charge in [0.15, 0.2) is 6.10 Å². The van der Waals surface area contributed by atoms with E-state index in [1.54, 1.807) is 6.92 Å². The lowest BCUT2D eigenvalue weighted by Crippen LogP contribution is -2.39. The molecule has 0 unspecified atom stereocenters. The SMILES string of the molecule is Cc1cc(O[C@H](C)C(=O)N2CCc3ccccc32)cc(C)c1Cl. The largest absolute Gasteiger partial charge is 0.481 e. The number of halogens is 1.